The first-order valence-corrected chi connectivity index (χ1v) is 10.4. The molecule has 3 aromatic rings. The summed E-state index contributed by atoms with van der Waals surface area (Å²) in [5, 5.41) is 13.8. The number of amides is 1. The molecule has 1 aliphatic rings. The fourth-order valence-electron chi connectivity index (χ4n) is 2.74. The van der Waals surface area contributed by atoms with E-state index in [1.165, 1.54) is 24.6 Å². The van der Waals surface area contributed by atoms with E-state index in [1.807, 2.05) is 25.1 Å². The van der Waals surface area contributed by atoms with Crippen LogP contribution < -0.4 is 10.6 Å². The Morgan fingerprint density at radius 2 is 1.97 bits per heavy atom. The summed E-state index contributed by atoms with van der Waals surface area (Å²) in [5.74, 6) is 1.52. The van der Waals surface area contributed by atoms with Gasteiger partial charge in [0, 0.05) is 79.2 Å². The van der Waals surface area contributed by atoms with Gasteiger partial charge in [-0.05, 0) is 43.2 Å². The van der Waals surface area contributed by atoms with Crippen LogP contribution in [0.5, 0.6) is 0 Å². The van der Waals surface area contributed by atoms with Crippen molar-refractivity contribution in [1.29, 1.82) is 0 Å². The third-order valence-electron chi connectivity index (χ3n) is 4.41. The summed E-state index contributed by atoms with van der Waals surface area (Å²) in [4.78, 5) is 22.3. The van der Waals surface area contributed by atoms with Crippen molar-refractivity contribution in [3.05, 3.63) is 53.5 Å². The molecule has 2 aromatic heterocycles. The Bertz CT molecular complexity index is 1000. The van der Waals surface area contributed by atoms with Gasteiger partial charge in [-0.2, -0.15) is 5.10 Å². The van der Waals surface area contributed by atoms with E-state index in [0.29, 0.717) is 40.6 Å². The van der Waals surface area contributed by atoms with Crippen LogP contribution >= 0.6 is 11.8 Å². The zero-order valence-corrected chi connectivity index (χ0v) is 22.2. The topological polar surface area (TPSA) is 119 Å². The van der Waals surface area contributed by atoms with Crippen molar-refractivity contribution in [1.82, 2.24) is 25.5 Å². The van der Waals surface area contributed by atoms with Gasteiger partial charge in [-0.3, -0.25) is 9.89 Å². The molecule has 2 heterocycles. The molecule has 1 amide bonds. The maximum Gasteiger partial charge on any atom is 0.270 e. The van der Waals surface area contributed by atoms with Gasteiger partial charge in [-0.1, -0.05) is 19.1 Å². The second-order valence-electron chi connectivity index (χ2n) is 6.91. The van der Waals surface area contributed by atoms with Gasteiger partial charge in [0.05, 0.1) is 0 Å². The van der Waals surface area contributed by atoms with Gasteiger partial charge < -0.3 is 16.4 Å². The molecule has 0 spiro atoms. The minimum absolute atomic E-state index is 0. The molecular formula is C20H22AcN7OS-. The fraction of sp³-hybridized carbons (Fsp3) is 0.300. The van der Waals surface area contributed by atoms with Crippen LogP contribution in [0.3, 0.4) is 0 Å². The quantitative estimate of drug-likeness (QED) is 0.306. The van der Waals surface area contributed by atoms with Crippen LogP contribution in [0.4, 0.5) is 17.3 Å². The number of hydrogen-bond acceptors (Lipinski definition) is 6. The number of carbonyl (C=O) groups is 1. The van der Waals surface area contributed by atoms with Crippen molar-refractivity contribution in [3.8, 4) is 0 Å². The number of hydrogen-bond donors (Lipinski definition) is 3. The molecule has 1 fully saturated rings. The second kappa shape index (κ2) is 10.6. The first-order chi connectivity index (χ1) is 14.1. The molecule has 10 heteroatoms. The normalized spacial score (nSPS) is 12.8. The number of H-pyrrole nitrogens is 1. The SMILES string of the molecule is CCCNC(=O)c1cc(Nc2cc(C3CC3)[nH]n2)nc(Sc2ccc([NH-])cc2)n1.[Ac]. The summed E-state index contributed by atoms with van der Waals surface area (Å²) in [6.45, 7) is 2.59. The number of nitrogens with zero attached hydrogens (tertiary/aromatic N) is 3. The van der Waals surface area contributed by atoms with Crippen LogP contribution in [0.1, 0.15) is 48.3 Å². The van der Waals surface area contributed by atoms with Crippen LogP contribution in [0.25, 0.3) is 5.73 Å². The van der Waals surface area contributed by atoms with E-state index in [4.69, 9.17) is 5.73 Å². The first-order valence-electron chi connectivity index (χ1n) is 9.60. The number of aromatic nitrogens is 4. The molecule has 4 N–H and O–H groups in total. The molecule has 1 saturated carbocycles. The summed E-state index contributed by atoms with van der Waals surface area (Å²) < 4.78 is 0. The average molecular weight is 636 g/mol. The Hall–Kier alpha value is -1.63. The van der Waals surface area contributed by atoms with Gasteiger partial charge in [0.15, 0.2) is 11.0 Å². The Labute approximate surface area is 215 Å². The molecule has 1 radical (unpaired) electrons. The number of rotatable bonds is 8. The van der Waals surface area contributed by atoms with Gasteiger partial charge in [0.2, 0.25) is 0 Å². The van der Waals surface area contributed by atoms with Gasteiger partial charge in [-0.15, -0.1) is 5.69 Å². The molecule has 4 rings (SSSR count). The summed E-state index contributed by atoms with van der Waals surface area (Å²) in [5.41, 5.74) is 9.47. The third kappa shape index (κ3) is 6.19. The number of carbonyl (C=O) groups excluding carboxylic acids is 1. The third-order valence-corrected chi connectivity index (χ3v) is 5.28. The Morgan fingerprint density at radius 1 is 1.20 bits per heavy atom. The van der Waals surface area contributed by atoms with Crippen LogP contribution in [0, 0.1) is 44.1 Å². The molecule has 0 bridgehead atoms. The van der Waals surface area contributed by atoms with E-state index in [1.54, 1.807) is 18.2 Å². The number of aromatic amines is 1. The van der Waals surface area contributed by atoms with Crippen LogP contribution in [-0.4, -0.2) is 32.6 Å². The molecule has 0 saturated heterocycles. The van der Waals surface area contributed by atoms with Crippen molar-refractivity contribution >= 4 is 35.0 Å². The molecular weight excluding hydrogens is 613 g/mol. The summed E-state index contributed by atoms with van der Waals surface area (Å²) in [6.07, 6.45) is 3.23. The fourth-order valence-corrected chi connectivity index (χ4v) is 3.51. The predicted octanol–water partition coefficient (Wildman–Crippen LogP) is 4.80. The van der Waals surface area contributed by atoms with E-state index >= 15 is 0 Å². The van der Waals surface area contributed by atoms with Crippen molar-refractivity contribution in [3.63, 3.8) is 0 Å². The number of nitrogens with one attached hydrogen (secondary N) is 4. The van der Waals surface area contributed by atoms with Crippen LogP contribution in [-0.2, 0) is 0 Å². The number of anilines is 2. The molecule has 153 valence electrons. The predicted molar refractivity (Wildman–Crippen MR) is 113 cm³/mol. The first kappa shape index (κ1) is 23.0. The Kier molecular flexibility index (Phi) is 8.14. The molecule has 30 heavy (non-hydrogen) atoms. The number of benzene rings is 1. The zero-order valence-electron chi connectivity index (χ0n) is 16.6. The summed E-state index contributed by atoms with van der Waals surface area (Å²) in [7, 11) is 0. The Balaban J connectivity index is 0.00000256. The molecule has 1 aliphatic carbocycles. The molecule has 0 atom stereocenters. The van der Waals surface area contributed by atoms with Gasteiger partial charge in [0.1, 0.15) is 11.5 Å². The van der Waals surface area contributed by atoms with Crippen molar-refractivity contribution in [2.24, 2.45) is 0 Å². The van der Waals surface area contributed by atoms with E-state index in [9.17, 15) is 4.79 Å². The second-order valence-corrected chi connectivity index (χ2v) is 7.95. The summed E-state index contributed by atoms with van der Waals surface area (Å²) >= 11 is 1.34. The van der Waals surface area contributed by atoms with Crippen molar-refractivity contribution in [2.75, 3.05) is 11.9 Å². The maximum absolute atomic E-state index is 12.5. The van der Waals surface area contributed by atoms with Gasteiger partial charge >= 0.3 is 0 Å². The molecule has 0 aliphatic heterocycles. The van der Waals surface area contributed by atoms with Crippen LogP contribution in [0.2, 0.25) is 0 Å². The zero-order chi connectivity index (χ0) is 20.2. The smallest absolute Gasteiger partial charge is 0.270 e. The molecule has 8 nitrogen and oxygen atoms in total. The van der Waals surface area contributed by atoms with Gasteiger partial charge in [0.25, 0.3) is 5.91 Å². The largest absolute Gasteiger partial charge is 0.699 e. The minimum atomic E-state index is -0.235. The molecule has 1 aromatic carbocycles. The van der Waals surface area contributed by atoms with Gasteiger partial charge in [-0.25, -0.2) is 9.97 Å². The van der Waals surface area contributed by atoms with Crippen molar-refractivity contribution < 1.29 is 48.9 Å². The molecule has 0 unspecified atom stereocenters. The van der Waals surface area contributed by atoms with E-state index in [-0.39, 0.29) is 50.0 Å². The minimum Gasteiger partial charge on any atom is -0.699 e. The maximum atomic E-state index is 12.5. The average Bonchev–Trinajstić information content (AvgIpc) is 3.47. The van der Waals surface area contributed by atoms with E-state index in [2.05, 4.69) is 30.8 Å². The Morgan fingerprint density at radius 3 is 2.67 bits per heavy atom. The monoisotopic (exact) mass is 635 g/mol. The summed E-state index contributed by atoms with van der Waals surface area (Å²) in [6, 6.07) is 10.7. The standard InChI is InChI=1S/C20H22N7OS.Ac/c1-2-9-22-19(28)16-11-17(24-18-10-15(26-27-18)12-3-4-12)25-20(23-16)29-14-7-5-13(21)6-8-14;/h5-8,10-12,21H,2-4,9H2,1H3,(H3,22,23,24,25,26,27,28);/q-1;. The van der Waals surface area contributed by atoms with E-state index < -0.39 is 0 Å². The van der Waals surface area contributed by atoms with Crippen LogP contribution in [0.15, 0.2) is 46.5 Å². The van der Waals surface area contributed by atoms with Crippen molar-refractivity contribution in [2.45, 2.75) is 42.2 Å². The van der Waals surface area contributed by atoms with E-state index in [0.717, 1.165) is 17.0 Å².